The van der Waals surface area contributed by atoms with Crippen LogP contribution >= 0.6 is 0 Å². The SMILES string of the molecule is CCCn1nncc1C(NC)c1ccc(OC)c(F)c1. The minimum atomic E-state index is -0.375. The van der Waals surface area contributed by atoms with E-state index >= 15 is 0 Å². The number of benzene rings is 1. The molecule has 2 aromatic rings. The molecule has 6 heteroatoms. The lowest BCUT2D eigenvalue weighted by atomic mass is 10.0. The molecular weight excluding hydrogens is 259 g/mol. The topological polar surface area (TPSA) is 52.0 Å². The van der Waals surface area contributed by atoms with Crippen LogP contribution in [0.5, 0.6) is 5.75 Å². The molecule has 1 aromatic carbocycles. The van der Waals surface area contributed by atoms with E-state index in [0.717, 1.165) is 24.2 Å². The molecule has 5 nitrogen and oxygen atoms in total. The second-order valence-corrected chi connectivity index (χ2v) is 4.50. The fourth-order valence-corrected chi connectivity index (χ4v) is 2.22. The highest BCUT2D eigenvalue weighted by Crippen LogP contribution is 2.25. The molecule has 1 atom stereocenters. The molecule has 2 rings (SSSR count). The average molecular weight is 278 g/mol. The number of hydrogen-bond donors (Lipinski definition) is 1. The van der Waals surface area contributed by atoms with Crippen LogP contribution in [0.15, 0.2) is 24.4 Å². The van der Waals surface area contributed by atoms with Crippen molar-refractivity contribution in [3.05, 3.63) is 41.5 Å². The molecule has 0 bridgehead atoms. The molecule has 0 amide bonds. The van der Waals surface area contributed by atoms with E-state index in [1.165, 1.54) is 13.2 Å². The van der Waals surface area contributed by atoms with Crippen LogP contribution in [0.1, 0.15) is 30.6 Å². The Balaban J connectivity index is 2.36. The standard InChI is InChI=1S/C14H19FN4O/c1-4-7-19-12(9-17-18-19)14(16-2)10-5-6-13(20-3)11(15)8-10/h5-6,8-9,14,16H,4,7H2,1-3H3. The van der Waals surface area contributed by atoms with Gasteiger partial charge in [0.1, 0.15) is 0 Å². The van der Waals surface area contributed by atoms with E-state index in [1.54, 1.807) is 12.3 Å². The molecule has 0 saturated heterocycles. The van der Waals surface area contributed by atoms with Crippen molar-refractivity contribution in [3.8, 4) is 5.75 Å². The predicted octanol–water partition coefficient (Wildman–Crippen LogP) is 2.14. The summed E-state index contributed by atoms with van der Waals surface area (Å²) in [6, 6.07) is 4.79. The first-order valence-corrected chi connectivity index (χ1v) is 6.60. The highest BCUT2D eigenvalue weighted by atomic mass is 19.1. The first-order chi connectivity index (χ1) is 9.71. The number of ether oxygens (including phenoxy) is 1. The molecule has 0 saturated carbocycles. The van der Waals surface area contributed by atoms with Gasteiger partial charge in [-0.2, -0.15) is 0 Å². The largest absolute Gasteiger partial charge is 0.494 e. The van der Waals surface area contributed by atoms with Gasteiger partial charge in [-0.05, 0) is 31.2 Å². The molecule has 0 fully saturated rings. The molecule has 20 heavy (non-hydrogen) atoms. The van der Waals surface area contributed by atoms with Gasteiger partial charge in [0.25, 0.3) is 0 Å². The molecule has 0 spiro atoms. The Hall–Kier alpha value is -1.95. The lowest BCUT2D eigenvalue weighted by Crippen LogP contribution is -2.21. The monoisotopic (exact) mass is 278 g/mol. The van der Waals surface area contributed by atoms with Gasteiger partial charge in [-0.3, -0.25) is 0 Å². The Morgan fingerprint density at radius 2 is 2.25 bits per heavy atom. The number of nitrogens with one attached hydrogen (secondary N) is 1. The third kappa shape index (κ3) is 2.80. The van der Waals surface area contributed by atoms with Gasteiger partial charge >= 0.3 is 0 Å². The molecule has 1 heterocycles. The zero-order valence-electron chi connectivity index (χ0n) is 11.9. The summed E-state index contributed by atoms with van der Waals surface area (Å²) in [5.74, 6) is -0.136. The Kier molecular flexibility index (Phi) is 4.68. The fourth-order valence-electron chi connectivity index (χ4n) is 2.22. The van der Waals surface area contributed by atoms with Gasteiger partial charge in [0.2, 0.25) is 0 Å². The van der Waals surface area contributed by atoms with Crippen LogP contribution in [0.2, 0.25) is 0 Å². The van der Waals surface area contributed by atoms with E-state index in [1.807, 2.05) is 17.8 Å². The Morgan fingerprint density at radius 3 is 2.85 bits per heavy atom. The summed E-state index contributed by atoms with van der Waals surface area (Å²) in [6.45, 7) is 2.86. The smallest absolute Gasteiger partial charge is 0.165 e. The Bertz CT molecular complexity index is 570. The second-order valence-electron chi connectivity index (χ2n) is 4.50. The first-order valence-electron chi connectivity index (χ1n) is 6.60. The number of aromatic nitrogens is 3. The van der Waals surface area contributed by atoms with Gasteiger partial charge in [0.05, 0.1) is 25.0 Å². The van der Waals surface area contributed by atoms with Crippen LogP contribution in [0, 0.1) is 5.82 Å². The molecule has 0 aliphatic heterocycles. The van der Waals surface area contributed by atoms with Crippen LogP contribution in [-0.4, -0.2) is 29.2 Å². The number of aryl methyl sites for hydroxylation is 1. The van der Waals surface area contributed by atoms with Gasteiger partial charge in [-0.1, -0.05) is 18.2 Å². The quantitative estimate of drug-likeness (QED) is 0.879. The molecule has 1 aromatic heterocycles. The maximum Gasteiger partial charge on any atom is 0.165 e. The minimum Gasteiger partial charge on any atom is -0.494 e. The van der Waals surface area contributed by atoms with Crippen molar-refractivity contribution in [2.45, 2.75) is 25.9 Å². The molecule has 108 valence electrons. The fraction of sp³-hybridized carbons (Fsp3) is 0.429. The van der Waals surface area contributed by atoms with E-state index < -0.39 is 0 Å². The third-order valence-corrected chi connectivity index (χ3v) is 3.18. The van der Waals surface area contributed by atoms with Crippen molar-refractivity contribution in [2.75, 3.05) is 14.2 Å². The zero-order chi connectivity index (χ0) is 14.5. The maximum atomic E-state index is 13.8. The molecule has 0 radical (unpaired) electrons. The molecule has 1 unspecified atom stereocenters. The number of rotatable bonds is 6. The average Bonchev–Trinajstić information content (AvgIpc) is 2.89. The van der Waals surface area contributed by atoms with Crippen LogP contribution in [0.3, 0.4) is 0 Å². The van der Waals surface area contributed by atoms with Crippen molar-refractivity contribution in [3.63, 3.8) is 0 Å². The predicted molar refractivity (Wildman–Crippen MR) is 74.2 cm³/mol. The number of hydrogen-bond acceptors (Lipinski definition) is 4. The summed E-state index contributed by atoms with van der Waals surface area (Å²) in [4.78, 5) is 0. The number of nitrogens with zero attached hydrogens (tertiary/aromatic N) is 3. The highest BCUT2D eigenvalue weighted by molar-refractivity contribution is 5.34. The maximum absolute atomic E-state index is 13.8. The number of halogens is 1. The summed E-state index contributed by atoms with van der Waals surface area (Å²) in [6.07, 6.45) is 2.67. The summed E-state index contributed by atoms with van der Waals surface area (Å²) < 4.78 is 20.6. The zero-order valence-corrected chi connectivity index (χ0v) is 11.9. The first kappa shape index (κ1) is 14.5. The summed E-state index contributed by atoms with van der Waals surface area (Å²) >= 11 is 0. The van der Waals surface area contributed by atoms with Gasteiger partial charge in [-0.15, -0.1) is 5.10 Å². The molecule has 0 aliphatic rings. The molecule has 1 N–H and O–H groups in total. The van der Waals surface area contributed by atoms with Crippen LogP contribution in [0.4, 0.5) is 4.39 Å². The number of methoxy groups -OCH3 is 1. The van der Waals surface area contributed by atoms with E-state index in [-0.39, 0.29) is 17.6 Å². The second kappa shape index (κ2) is 6.47. The van der Waals surface area contributed by atoms with Crippen molar-refractivity contribution < 1.29 is 9.13 Å². The Morgan fingerprint density at radius 1 is 1.45 bits per heavy atom. The summed E-state index contributed by atoms with van der Waals surface area (Å²) in [5, 5.41) is 11.2. The van der Waals surface area contributed by atoms with Gasteiger partial charge in [0.15, 0.2) is 11.6 Å². The van der Waals surface area contributed by atoms with Crippen LogP contribution in [-0.2, 0) is 6.54 Å². The summed E-state index contributed by atoms with van der Waals surface area (Å²) in [5.41, 5.74) is 1.73. The highest BCUT2D eigenvalue weighted by Gasteiger charge is 2.18. The molecular formula is C14H19FN4O. The van der Waals surface area contributed by atoms with E-state index in [2.05, 4.69) is 22.6 Å². The lowest BCUT2D eigenvalue weighted by molar-refractivity contribution is 0.385. The van der Waals surface area contributed by atoms with Gasteiger partial charge < -0.3 is 10.1 Å². The van der Waals surface area contributed by atoms with Gasteiger partial charge in [0, 0.05) is 6.54 Å². The van der Waals surface area contributed by atoms with Crippen molar-refractivity contribution in [1.82, 2.24) is 20.3 Å². The van der Waals surface area contributed by atoms with E-state index in [9.17, 15) is 4.39 Å². The summed E-state index contributed by atoms with van der Waals surface area (Å²) in [7, 11) is 3.28. The third-order valence-electron chi connectivity index (χ3n) is 3.18. The molecule has 0 aliphatic carbocycles. The van der Waals surface area contributed by atoms with E-state index in [0.29, 0.717) is 0 Å². The minimum absolute atomic E-state index is 0.156. The van der Waals surface area contributed by atoms with E-state index in [4.69, 9.17) is 4.74 Å². The Labute approximate surface area is 117 Å². The van der Waals surface area contributed by atoms with Crippen molar-refractivity contribution >= 4 is 0 Å². The lowest BCUT2D eigenvalue weighted by Gasteiger charge is -2.18. The van der Waals surface area contributed by atoms with Crippen LogP contribution in [0.25, 0.3) is 0 Å². The van der Waals surface area contributed by atoms with Crippen LogP contribution < -0.4 is 10.1 Å². The van der Waals surface area contributed by atoms with Gasteiger partial charge in [-0.25, -0.2) is 9.07 Å². The van der Waals surface area contributed by atoms with Crippen molar-refractivity contribution in [1.29, 1.82) is 0 Å². The normalized spacial score (nSPS) is 12.4. The van der Waals surface area contributed by atoms with Crippen molar-refractivity contribution in [2.24, 2.45) is 0 Å².